The second-order valence-electron chi connectivity index (χ2n) is 3.56. The van der Waals surface area contributed by atoms with Gasteiger partial charge in [0, 0.05) is 5.75 Å². The second kappa shape index (κ2) is 4.68. The van der Waals surface area contributed by atoms with Crippen molar-refractivity contribution in [3.8, 4) is 0 Å². The fourth-order valence-corrected chi connectivity index (χ4v) is 2.50. The third-order valence-electron chi connectivity index (χ3n) is 2.50. The number of nitrogens with zero attached hydrogens (tertiary/aromatic N) is 1. The Kier molecular flexibility index (Phi) is 3.28. The van der Waals surface area contributed by atoms with Crippen molar-refractivity contribution in [2.45, 2.75) is 6.10 Å². The molecule has 1 heterocycles. The van der Waals surface area contributed by atoms with E-state index in [1.54, 1.807) is 11.8 Å². The highest BCUT2D eigenvalue weighted by molar-refractivity contribution is 8.13. The lowest BCUT2D eigenvalue weighted by Crippen LogP contribution is -2.25. The van der Waals surface area contributed by atoms with E-state index in [9.17, 15) is 5.11 Å². The summed E-state index contributed by atoms with van der Waals surface area (Å²) in [5.74, 6) is 1.02. The van der Waals surface area contributed by atoms with Gasteiger partial charge in [-0.3, -0.25) is 10.3 Å². The van der Waals surface area contributed by atoms with Gasteiger partial charge in [0.25, 0.3) is 0 Å². The first-order chi connectivity index (χ1) is 7.27. The molecule has 0 fully saturated rings. The maximum atomic E-state index is 9.98. The predicted octanol–water partition coefficient (Wildman–Crippen LogP) is 0.794. The smallest absolute Gasteiger partial charge is 0.304 e. The first-order valence-electron chi connectivity index (χ1n) is 5.00. The minimum atomic E-state index is -0.455. The number of rotatable bonds is 3. The number of hydrogen-bond acceptors (Lipinski definition) is 3. The molecule has 1 aromatic rings. The summed E-state index contributed by atoms with van der Waals surface area (Å²) in [6.07, 6.45) is -0.455. The highest BCUT2D eigenvalue weighted by Crippen LogP contribution is 2.15. The van der Waals surface area contributed by atoms with Crippen LogP contribution in [0.15, 0.2) is 30.3 Å². The number of aliphatic hydroxyl groups is 1. The molecule has 80 valence electrons. The van der Waals surface area contributed by atoms with E-state index >= 15 is 0 Å². The van der Waals surface area contributed by atoms with Gasteiger partial charge in [0.15, 0.2) is 0 Å². The third-order valence-corrected chi connectivity index (χ3v) is 3.44. The van der Waals surface area contributed by atoms with Gasteiger partial charge in [-0.15, -0.1) is 0 Å². The van der Waals surface area contributed by atoms with E-state index in [4.69, 9.17) is 5.73 Å². The van der Waals surface area contributed by atoms with Crippen LogP contribution in [0.3, 0.4) is 0 Å². The number of aliphatic hydroxyl groups excluding tert-OH is 1. The topological polar surface area (TPSA) is 49.3 Å². The SMILES string of the molecule is NC1=[N+](CC(O)c2ccccc2)CCS1. The molecule has 1 unspecified atom stereocenters. The molecular weight excluding hydrogens is 208 g/mol. The Hall–Kier alpha value is -1.00. The molecule has 0 saturated carbocycles. The predicted molar refractivity (Wildman–Crippen MR) is 63.0 cm³/mol. The van der Waals surface area contributed by atoms with Crippen LogP contribution in [-0.4, -0.2) is 33.7 Å². The normalized spacial score (nSPS) is 18.2. The second-order valence-corrected chi connectivity index (χ2v) is 4.67. The summed E-state index contributed by atoms with van der Waals surface area (Å²) in [6, 6.07) is 9.69. The summed E-state index contributed by atoms with van der Waals surface area (Å²) < 4.78 is 2.03. The Bertz CT molecular complexity index is 364. The molecule has 0 spiro atoms. The zero-order chi connectivity index (χ0) is 10.7. The lowest BCUT2D eigenvalue weighted by molar-refractivity contribution is -0.528. The molecule has 3 nitrogen and oxygen atoms in total. The molecule has 0 aliphatic carbocycles. The minimum absolute atomic E-state index is 0.455. The van der Waals surface area contributed by atoms with Gasteiger partial charge in [0.1, 0.15) is 12.6 Å². The lowest BCUT2D eigenvalue weighted by atomic mass is 10.1. The average molecular weight is 223 g/mol. The van der Waals surface area contributed by atoms with Gasteiger partial charge in [-0.1, -0.05) is 30.3 Å². The number of amidine groups is 1. The molecule has 1 aromatic carbocycles. The van der Waals surface area contributed by atoms with Crippen molar-refractivity contribution in [2.75, 3.05) is 18.8 Å². The molecule has 4 heteroatoms. The van der Waals surface area contributed by atoms with Crippen LogP contribution in [0.4, 0.5) is 0 Å². The summed E-state index contributed by atoms with van der Waals surface area (Å²) in [5.41, 5.74) is 6.75. The molecular formula is C11H15N2OS+. The van der Waals surface area contributed by atoms with E-state index in [1.165, 1.54) is 0 Å². The Morgan fingerprint density at radius 2 is 2.13 bits per heavy atom. The van der Waals surface area contributed by atoms with Crippen molar-refractivity contribution >= 4 is 16.9 Å². The molecule has 3 N–H and O–H groups in total. The Morgan fingerprint density at radius 1 is 1.40 bits per heavy atom. The third kappa shape index (κ3) is 2.52. The van der Waals surface area contributed by atoms with Crippen LogP contribution >= 0.6 is 11.8 Å². The molecule has 1 atom stereocenters. The Morgan fingerprint density at radius 3 is 2.73 bits per heavy atom. The summed E-state index contributed by atoms with van der Waals surface area (Å²) >= 11 is 1.65. The van der Waals surface area contributed by atoms with Crippen LogP contribution in [0.5, 0.6) is 0 Å². The molecule has 0 saturated heterocycles. The van der Waals surface area contributed by atoms with E-state index < -0.39 is 6.10 Å². The zero-order valence-corrected chi connectivity index (χ0v) is 9.28. The van der Waals surface area contributed by atoms with Crippen LogP contribution in [0.1, 0.15) is 11.7 Å². The highest BCUT2D eigenvalue weighted by atomic mass is 32.2. The van der Waals surface area contributed by atoms with E-state index in [1.807, 2.05) is 34.9 Å². The molecule has 0 bridgehead atoms. The first-order valence-corrected chi connectivity index (χ1v) is 5.99. The van der Waals surface area contributed by atoms with Crippen LogP contribution < -0.4 is 5.73 Å². The molecule has 1 aliphatic heterocycles. The van der Waals surface area contributed by atoms with Crippen LogP contribution in [0.2, 0.25) is 0 Å². The van der Waals surface area contributed by atoms with Crippen molar-refractivity contribution in [3.05, 3.63) is 35.9 Å². The van der Waals surface area contributed by atoms with Gasteiger partial charge in [0.2, 0.25) is 0 Å². The molecule has 2 rings (SSSR count). The van der Waals surface area contributed by atoms with Crippen molar-refractivity contribution in [1.82, 2.24) is 0 Å². The lowest BCUT2D eigenvalue weighted by Gasteiger charge is -2.10. The van der Waals surface area contributed by atoms with Crippen molar-refractivity contribution in [3.63, 3.8) is 0 Å². The van der Waals surface area contributed by atoms with Crippen LogP contribution in [0.25, 0.3) is 0 Å². The average Bonchev–Trinajstić information content (AvgIpc) is 2.66. The van der Waals surface area contributed by atoms with Gasteiger partial charge >= 0.3 is 5.17 Å². The quantitative estimate of drug-likeness (QED) is 0.745. The maximum absolute atomic E-state index is 9.98. The highest BCUT2D eigenvalue weighted by Gasteiger charge is 2.20. The zero-order valence-electron chi connectivity index (χ0n) is 8.47. The maximum Gasteiger partial charge on any atom is 0.304 e. The first kappa shape index (κ1) is 10.5. The Balaban J connectivity index is 2.04. The van der Waals surface area contributed by atoms with Crippen molar-refractivity contribution in [1.29, 1.82) is 0 Å². The van der Waals surface area contributed by atoms with Gasteiger partial charge in [0.05, 0.1) is 6.54 Å². The summed E-state index contributed by atoms with van der Waals surface area (Å²) in [6.45, 7) is 1.52. The number of β-amino-alcohol motifs (C(OH)–C–C–N with tert-alkyl or cyclic N) is 1. The van der Waals surface area contributed by atoms with Gasteiger partial charge in [-0.2, -0.15) is 0 Å². The number of thioether (sulfide) groups is 1. The van der Waals surface area contributed by atoms with Crippen LogP contribution in [0, 0.1) is 0 Å². The molecule has 15 heavy (non-hydrogen) atoms. The van der Waals surface area contributed by atoms with Crippen LogP contribution in [-0.2, 0) is 0 Å². The van der Waals surface area contributed by atoms with Crippen molar-refractivity contribution in [2.24, 2.45) is 5.73 Å². The van der Waals surface area contributed by atoms with Gasteiger partial charge < -0.3 is 5.11 Å². The summed E-state index contributed by atoms with van der Waals surface area (Å²) in [7, 11) is 0. The largest absolute Gasteiger partial charge is 0.384 e. The van der Waals surface area contributed by atoms with Gasteiger partial charge in [-0.25, -0.2) is 0 Å². The van der Waals surface area contributed by atoms with E-state index in [0.29, 0.717) is 6.54 Å². The molecule has 0 aromatic heterocycles. The number of benzene rings is 1. The number of nitrogens with two attached hydrogens (primary N) is 1. The fraction of sp³-hybridized carbons (Fsp3) is 0.364. The molecule has 0 radical (unpaired) electrons. The number of hydrogen-bond donors (Lipinski definition) is 2. The van der Waals surface area contributed by atoms with E-state index in [2.05, 4.69) is 0 Å². The summed E-state index contributed by atoms with van der Waals surface area (Å²) in [4.78, 5) is 0. The molecule has 1 aliphatic rings. The summed E-state index contributed by atoms with van der Waals surface area (Å²) in [5, 5.41) is 10.8. The van der Waals surface area contributed by atoms with E-state index in [-0.39, 0.29) is 0 Å². The molecule has 0 amide bonds. The van der Waals surface area contributed by atoms with E-state index in [0.717, 1.165) is 23.0 Å². The Labute approximate surface area is 93.6 Å². The van der Waals surface area contributed by atoms with Crippen molar-refractivity contribution < 1.29 is 9.68 Å². The minimum Gasteiger partial charge on any atom is -0.384 e. The fourth-order valence-electron chi connectivity index (χ4n) is 1.63. The standard InChI is InChI=1S/C11H14N2OS/c12-11-13(6-7-15-11)8-10(14)9-4-2-1-3-5-9/h1-5,10,12,14H,6-8H2/p+1. The monoisotopic (exact) mass is 223 g/mol. The van der Waals surface area contributed by atoms with Gasteiger partial charge in [-0.05, 0) is 17.3 Å².